The molecule has 6 heteroatoms. The molecule has 0 aromatic rings. The lowest BCUT2D eigenvalue weighted by molar-refractivity contribution is -0.142. The van der Waals surface area contributed by atoms with Gasteiger partial charge in [0.15, 0.2) is 0 Å². The molecule has 2 N–H and O–H groups in total. The van der Waals surface area contributed by atoms with Gasteiger partial charge in [0.05, 0.1) is 25.9 Å². The number of hydrogen-bond donors (Lipinski definition) is 2. The Hall–Kier alpha value is -1.40. The maximum absolute atomic E-state index is 10.7. The van der Waals surface area contributed by atoms with Crippen LogP contribution in [0.3, 0.4) is 0 Å². The first-order valence-corrected chi connectivity index (χ1v) is 5.36. The summed E-state index contributed by atoms with van der Waals surface area (Å²) in [5.74, 6) is -0.984. The molecule has 1 heterocycles. The van der Waals surface area contributed by atoms with E-state index >= 15 is 0 Å². The average Bonchev–Trinajstić information content (AvgIpc) is 2.31. The number of rotatable bonds is 1. The third-order valence-corrected chi connectivity index (χ3v) is 1.65. The molecule has 6 nitrogen and oxygen atoms in total. The lowest BCUT2D eigenvalue weighted by Gasteiger charge is -2.05. The van der Waals surface area contributed by atoms with Gasteiger partial charge < -0.3 is 19.7 Å². The van der Waals surface area contributed by atoms with E-state index in [1.54, 1.807) is 0 Å². The SMILES string of the molecule is CC(O)CO.O=C1/C=C\C(=O)OCCCCO1. The molecule has 17 heavy (non-hydrogen) atoms. The summed E-state index contributed by atoms with van der Waals surface area (Å²) in [5, 5.41) is 16.0. The molecule has 0 aliphatic carbocycles. The quantitative estimate of drug-likeness (QED) is 0.621. The predicted octanol–water partition coefficient (Wildman–Crippen LogP) is -0.218. The van der Waals surface area contributed by atoms with Gasteiger partial charge in [0, 0.05) is 12.2 Å². The standard InChI is InChI=1S/C8H10O4.C3H8O2/c9-7-3-4-8(10)12-6-2-1-5-11-7;1-3(5)2-4/h3-4H,1-2,5-6H2;3-5H,2H2,1H3/b4-3-;. The van der Waals surface area contributed by atoms with Crippen LogP contribution in [0.5, 0.6) is 0 Å². The van der Waals surface area contributed by atoms with Crippen molar-refractivity contribution >= 4 is 11.9 Å². The fraction of sp³-hybridized carbons (Fsp3) is 0.636. The Kier molecular flexibility index (Phi) is 8.99. The van der Waals surface area contributed by atoms with Gasteiger partial charge in [0.25, 0.3) is 0 Å². The summed E-state index contributed by atoms with van der Waals surface area (Å²) in [4.78, 5) is 21.5. The summed E-state index contributed by atoms with van der Waals surface area (Å²) in [5.41, 5.74) is 0. The lowest BCUT2D eigenvalue weighted by atomic mass is 10.3. The van der Waals surface area contributed by atoms with Crippen LogP contribution >= 0.6 is 0 Å². The van der Waals surface area contributed by atoms with Gasteiger partial charge >= 0.3 is 11.9 Å². The molecule has 0 amide bonds. The normalized spacial score (nSPS) is 20.2. The van der Waals surface area contributed by atoms with Crippen molar-refractivity contribution in [1.82, 2.24) is 0 Å². The molecule has 0 saturated heterocycles. The predicted molar refractivity (Wildman–Crippen MR) is 59.1 cm³/mol. The Labute approximate surface area is 99.8 Å². The fourth-order valence-corrected chi connectivity index (χ4v) is 0.782. The van der Waals surface area contributed by atoms with E-state index < -0.39 is 18.0 Å². The van der Waals surface area contributed by atoms with Crippen LogP contribution in [-0.2, 0) is 19.1 Å². The number of carbonyl (C=O) groups excluding carboxylic acids is 2. The van der Waals surface area contributed by atoms with E-state index in [9.17, 15) is 9.59 Å². The van der Waals surface area contributed by atoms with Gasteiger partial charge in [-0.15, -0.1) is 0 Å². The zero-order valence-corrected chi connectivity index (χ0v) is 9.80. The van der Waals surface area contributed by atoms with Gasteiger partial charge in [-0.05, 0) is 19.8 Å². The van der Waals surface area contributed by atoms with Crippen molar-refractivity contribution in [1.29, 1.82) is 0 Å². The first-order chi connectivity index (χ1) is 8.06. The summed E-state index contributed by atoms with van der Waals surface area (Å²) in [6.45, 7) is 2.17. The lowest BCUT2D eigenvalue weighted by Crippen LogP contribution is -2.09. The van der Waals surface area contributed by atoms with E-state index in [0.717, 1.165) is 25.0 Å². The highest BCUT2D eigenvalue weighted by atomic mass is 16.5. The fourth-order valence-electron chi connectivity index (χ4n) is 0.782. The highest BCUT2D eigenvalue weighted by Gasteiger charge is 2.03. The minimum absolute atomic E-state index is 0.139. The van der Waals surface area contributed by atoms with Gasteiger partial charge in [-0.3, -0.25) is 0 Å². The number of aliphatic hydroxyl groups is 2. The van der Waals surface area contributed by atoms with E-state index in [-0.39, 0.29) is 6.61 Å². The van der Waals surface area contributed by atoms with Crippen LogP contribution in [0, 0.1) is 0 Å². The summed E-state index contributed by atoms with van der Waals surface area (Å²) in [7, 11) is 0. The van der Waals surface area contributed by atoms with Crippen molar-refractivity contribution in [2.75, 3.05) is 19.8 Å². The number of carbonyl (C=O) groups is 2. The number of hydrogen-bond acceptors (Lipinski definition) is 6. The second kappa shape index (κ2) is 9.80. The largest absolute Gasteiger partial charge is 0.463 e. The number of esters is 2. The molecule has 0 aromatic heterocycles. The van der Waals surface area contributed by atoms with Crippen LogP contribution in [0.2, 0.25) is 0 Å². The van der Waals surface area contributed by atoms with E-state index in [0.29, 0.717) is 13.2 Å². The molecule has 1 rings (SSSR count). The molecule has 0 bridgehead atoms. The molecular weight excluding hydrogens is 228 g/mol. The molecule has 1 aliphatic rings. The van der Waals surface area contributed by atoms with Crippen molar-refractivity contribution < 1.29 is 29.3 Å². The molecule has 0 saturated carbocycles. The maximum atomic E-state index is 10.7. The monoisotopic (exact) mass is 246 g/mol. The number of ether oxygens (including phenoxy) is 2. The Balaban J connectivity index is 0.000000437. The Morgan fingerprint density at radius 1 is 1.18 bits per heavy atom. The summed E-state index contributed by atoms with van der Waals surface area (Å²) in [6.07, 6.45) is 3.05. The molecular formula is C11H18O6. The molecule has 98 valence electrons. The minimum atomic E-state index is -0.560. The zero-order valence-electron chi connectivity index (χ0n) is 9.80. The van der Waals surface area contributed by atoms with E-state index in [2.05, 4.69) is 0 Å². The molecule has 0 fully saturated rings. The van der Waals surface area contributed by atoms with Crippen molar-refractivity contribution in [3.63, 3.8) is 0 Å². The van der Waals surface area contributed by atoms with Crippen molar-refractivity contribution in [2.45, 2.75) is 25.9 Å². The van der Waals surface area contributed by atoms with Crippen LogP contribution in [0.15, 0.2) is 12.2 Å². The Bertz CT molecular complexity index is 237. The van der Waals surface area contributed by atoms with Gasteiger partial charge in [-0.2, -0.15) is 0 Å². The topological polar surface area (TPSA) is 93.1 Å². The van der Waals surface area contributed by atoms with Gasteiger partial charge in [-0.1, -0.05) is 0 Å². The minimum Gasteiger partial charge on any atom is -0.463 e. The molecule has 0 spiro atoms. The second-order valence-electron chi connectivity index (χ2n) is 3.41. The highest BCUT2D eigenvalue weighted by molar-refractivity contribution is 5.91. The third-order valence-electron chi connectivity index (χ3n) is 1.65. The summed E-state index contributed by atoms with van der Waals surface area (Å²) < 4.78 is 9.47. The van der Waals surface area contributed by atoms with Crippen LogP contribution in [0.4, 0.5) is 0 Å². The van der Waals surface area contributed by atoms with Crippen LogP contribution in [0.1, 0.15) is 19.8 Å². The van der Waals surface area contributed by atoms with E-state index in [1.807, 2.05) is 0 Å². The van der Waals surface area contributed by atoms with Gasteiger partial charge in [0.2, 0.25) is 0 Å². The van der Waals surface area contributed by atoms with E-state index in [4.69, 9.17) is 19.7 Å². The number of cyclic esters (lactones) is 2. The second-order valence-corrected chi connectivity index (χ2v) is 3.41. The highest BCUT2D eigenvalue weighted by Crippen LogP contribution is 1.96. The van der Waals surface area contributed by atoms with E-state index in [1.165, 1.54) is 6.92 Å². The number of aliphatic hydroxyl groups excluding tert-OH is 2. The van der Waals surface area contributed by atoms with Crippen LogP contribution in [-0.4, -0.2) is 48.1 Å². The van der Waals surface area contributed by atoms with Crippen LogP contribution in [0.25, 0.3) is 0 Å². The van der Waals surface area contributed by atoms with Crippen molar-refractivity contribution in [3.05, 3.63) is 12.2 Å². The van der Waals surface area contributed by atoms with Gasteiger partial charge in [0.1, 0.15) is 0 Å². The molecule has 1 atom stereocenters. The smallest absolute Gasteiger partial charge is 0.331 e. The van der Waals surface area contributed by atoms with Crippen LogP contribution < -0.4 is 0 Å². The molecule has 0 aromatic carbocycles. The first kappa shape index (κ1) is 15.6. The first-order valence-electron chi connectivity index (χ1n) is 5.36. The van der Waals surface area contributed by atoms with Crippen molar-refractivity contribution in [2.24, 2.45) is 0 Å². The summed E-state index contributed by atoms with van der Waals surface area (Å²) in [6, 6.07) is 0. The third kappa shape index (κ3) is 10.9. The molecule has 1 unspecified atom stereocenters. The molecule has 1 aliphatic heterocycles. The summed E-state index contributed by atoms with van der Waals surface area (Å²) >= 11 is 0. The Morgan fingerprint density at radius 2 is 1.53 bits per heavy atom. The van der Waals surface area contributed by atoms with Gasteiger partial charge in [-0.25, -0.2) is 9.59 Å². The maximum Gasteiger partial charge on any atom is 0.331 e. The van der Waals surface area contributed by atoms with Crippen molar-refractivity contribution in [3.8, 4) is 0 Å². The zero-order chi connectivity index (χ0) is 13.1. The Morgan fingerprint density at radius 3 is 1.82 bits per heavy atom. The average molecular weight is 246 g/mol. The molecule has 0 radical (unpaired) electrons.